The standard InChI is InChI=1S/C15H15BrN4O2S/c1-2-12(9-3-5-10(16)6-4-9)19-20-14(22)8-11-7-13(21)18-15(23)17-11/h3-7H,2,8H2,1H3,(H,20,22)(H2,17,18,21,23)/b19-12-. The van der Waals surface area contributed by atoms with Crippen LogP contribution in [-0.2, 0) is 11.2 Å². The number of aromatic amines is 2. The molecule has 23 heavy (non-hydrogen) atoms. The minimum Gasteiger partial charge on any atom is -0.335 e. The molecule has 0 saturated carbocycles. The van der Waals surface area contributed by atoms with Crippen LogP contribution in [0.2, 0.25) is 0 Å². The number of H-pyrrole nitrogens is 2. The van der Waals surface area contributed by atoms with Crippen molar-refractivity contribution in [3.8, 4) is 0 Å². The summed E-state index contributed by atoms with van der Waals surface area (Å²) in [4.78, 5) is 28.4. The second-order valence-electron chi connectivity index (χ2n) is 4.74. The average Bonchev–Trinajstić information content (AvgIpc) is 2.48. The van der Waals surface area contributed by atoms with Crippen molar-refractivity contribution < 1.29 is 4.79 Å². The Morgan fingerprint density at radius 1 is 1.30 bits per heavy atom. The molecule has 0 saturated heterocycles. The normalized spacial score (nSPS) is 11.3. The molecule has 0 bridgehead atoms. The molecule has 2 aromatic rings. The summed E-state index contributed by atoms with van der Waals surface area (Å²) in [5, 5.41) is 4.16. The molecule has 1 amide bonds. The predicted molar refractivity (Wildman–Crippen MR) is 95.1 cm³/mol. The molecule has 0 fully saturated rings. The van der Waals surface area contributed by atoms with E-state index in [0.29, 0.717) is 12.1 Å². The summed E-state index contributed by atoms with van der Waals surface area (Å²) in [6, 6.07) is 8.98. The Morgan fingerprint density at radius 2 is 2.00 bits per heavy atom. The van der Waals surface area contributed by atoms with Crippen molar-refractivity contribution in [3.05, 3.63) is 61.2 Å². The van der Waals surface area contributed by atoms with Crippen molar-refractivity contribution in [2.24, 2.45) is 5.10 Å². The minimum absolute atomic E-state index is 0.00556. The maximum Gasteiger partial charge on any atom is 0.251 e. The molecule has 0 unspecified atom stereocenters. The second kappa shape index (κ2) is 7.98. The van der Waals surface area contributed by atoms with Gasteiger partial charge in [-0.1, -0.05) is 35.0 Å². The first-order valence-electron chi connectivity index (χ1n) is 6.92. The number of rotatable bonds is 5. The zero-order valence-corrected chi connectivity index (χ0v) is 14.8. The lowest BCUT2D eigenvalue weighted by Gasteiger charge is -2.06. The largest absolute Gasteiger partial charge is 0.335 e. The first kappa shape index (κ1) is 17.3. The van der Waals surface area contributed by atoms with E-state index in [-0.39, 0.29) is 22.7 Å². The molecule has 3 N–H and O–H groups in total. The first-order chi connectivity index (χ1) is 11.0. The van der Waals surface area contributed by atoms with Gasteiger partial charge in [0.2, 0.25) is 5.91 Å². The number of hydrogen-bond acceptors (Lipinski definition) is 4. The molecule has 0 spiro atoms. The van der Waals surface area contributed by atoms with E-state index < -0.39 is 0 Å². The van der Waals surface area contributed by atoms with Crippen molar-refractivity contribution in [1.82, 2.24) is 15.4 Å². The van der Waals surface area contributed by atoms with Crippen LogP contribution in [0.1, 0.15) is 24.6 Å². The highest BCUT2D eigenvalue weighted by molar-refractivity contribution is 9.10. The molecular weight excluding hydrogens is 380 g/mol. The van der Waals surface area contributed by atoms with E-state index in [1.807, 2.05) is 31.2 Å². The number of hydrogen-bond donors (Lipinski definition) is 3. The van der Waals surface area contributed by atoms with E-state index in [0.717, 1.165) is 15.7 Å². The summed E-state index contributed by atoms with van der Waals surface area (Å²) in [5.41, 5.74) is 4.30. The molecule has 8 heteroatoms. The monoisotopic (exact) mass is 394 g/mol. The number of amides is 1. The summed E-state index contributed by atoms with van der Waals surface area (Å²) in [5.74, 6) is -0.329. The van der Waals surface area contributed by atoms with Crippen LogP contribution in [0, 0.1) is 4.77 Å². The number of carbonyl (C=O) groups excluding carboxylic acids is 1. The zero-order chi connectivity index (χ0) is 16.8. The molecule has 1 aromatic heterocycles. The van der Waals surface area contributed by atoms with E-state index in [1.54, 1.807) is 0 Å². The van der Waals surface area contributed by atoms with Gasteiger partial charge in [-0.3, -0.25) is 14.6 Å². The van der Waals surface area contributed by atoms with Gasteiger partial charge >= 0.3 is 0 Å². The summed E-state index contributed by atoms with van der Waals surface area (Å²) in [6.45, 7) is 1.96. The molecule has 1 heterocycles. The van der Waals surface area contributed by atoms with Gasteiger partial charge in [0, 0.05) is 16.2 Å². The van der Waals surface area contributed by atoms with Crippen LogP contribution in [0.4, 0.5) is 0 Å². The van der Waals surface area contributed by atoms with E-state index in [1.165, 1.54) is 6.07 Å². The van der Waals surface area contributed by atoms with Crippen molar-refractivity contribution in [2.75, 3.05) is 0 Å². The van der Waals surface area contributed by atoms with Gasteiger partial charge in [0.1, 0.15) is 0 Å². The summed E-state index contributed by atoms with van der Waals surface area (Å²) < 4.78 is 1.17. The topological polar surface area (TPSA) is 90.1 Å². The van der Waals surface area contributed by atoms with Gasteiger partial charge in [0.25, 0.3) is 5.56 Å². The van der Waals surface area contributed by atoms with E-state index in [2.05, 4.69) is 36.4 Å². The number of carbonyl (C=O) groups is 1. The highest BCUT2D eigenvalue weighted by Gasteiger charge is 2.06. The molecule has 2 rings (SSSR count). The Kier molecular flexibility index (Phi) is 6.00. The third kappa shape index (κ3) is 5.26. The predicted octanol–water partition coefficient (Wildman–Crippen LogP) is 2.67. The molecule has 0 aliphatic rings. The van der Waals surface area contributed by atoms with Crippen molar-refractivity contribution >= 4 is 39.8 Å². The highest BCUT2D eigenvalue weighted by atomic mass is 79.9. The molecular formula is C15H15BrN4O2S. The van der Waals surface area contributed by atoms with Gasteiger partial charge in [-0.05, 0) is 36.3 Å². The van der Waals surface area contributed by atoms with Gasteiger partial charge < -0.3 is 4.98 Å². The summed E-state index contributed by atoms with van der Waals surface area (Å²) in [6.07, 6.45) is 0.670. The Morgan fingerprint density at radius 3 is 2.61 bits per heavy atom. The third-order valence-corrected chi connectivity index (χ3v) is 3.73. The Labute approximate surface area is 146 Å². The Bertz CT molecular complexity index is 811. The second-order valence-corrected chi connectivity index (χ2v) is 6.07. The quantitative estimate of drug-likeness (QED) is 0.413. The van der Waals surface area contributed by atoms with Gasteiger partial charge in [-0.15, -0.1) is 0 Å². The lowest BCUT2D eigenvalue weighted by molar-refractivity contribution is -0.120. The highest BCUT2D eigenvalue weighted by Crippen LogP contribution is 2.12. The molecule has 1 aromatic carbocycles. The van der Waals surface area contributed by atoms with Crippen molar-refractivity contribution in [1.29, 1.82) is 0 Å². The number of nitrogens with zero attached hydrogens (tertiary/aromatic N) is 1. The van der Waals surface area contributed by atoms with Crippen LogP contribution in [0.3, 0.4) is 0 Å². The third-order valence-electron chi connectivity index (χ3n) is 3.00. The van der Waals surface area contributed by atoms with E-state index >= 15 is 0 Å². The maximum atomic E-state index is 11.9. The number of aromatic nitrogens is 2. The molecule has 6 nitrogen and oxygen atoms in total. The van der Waals surface area contributed by atoms with Crippen LogP contribution in [0.25, 0.3) is 0 Å². The maximum absolute atomic E-state index is 11.9. The van der Waals surface area contributed by atoms with Crippen LogP contribution >= 0.6 is 28.1 Å². The summed E-state index contributed by atoms with van der Waals surface area (Å²) >= 11 is 8.24. The lowest BCUT2D eigenvalue weighted by atomic mass is 10.1. The molecule has 0 aliphatic carbocycles. The Hall–Kier alpha value is -2.06. The smallest absolute Gasteiger partial charge is 0.251 e. The van der Waals surface area contributed by atoms with Gasteiger partial charge in [0.05, 0.1) is 12.1 Å². The fourth-order valence-corrected chi connectivity index (χ4v) is 2.44. The fraction of sp³-hybridized carbons (Fsp3) is 0.200. The van der Waals surface area contributed by atoms with Gasteiger partial charge in [-0.2, -0.15) is 5.10 Å². The minimum atomic E-state index is -0.343. The van der Waals surface area contributed by atoms with Gasteiger partial charge in [0.15, 0.2) is 4.77 Å². The van der Waals surface area contributed by atoms with E-state index in [4.69, 9.17) is 12.2 Å². The lowest BCUT2D eigenvalue weighted by Crippen LogP contribution is -2.23. The average molecular weight is 395 g/mol. The number of halogens is 1. The number of benzene rings is 1. The fourth-order valence-electron chi connectivity index (χ4n) is 1.95. The SMILES string of the molecule is CC/C(=N/NC(=O)Cc1cc(=O)[nH]c(=S)[nH]1)c1ccc(Br)cc1. The van der Waals surface area contributed by atoms with E-state index in [9.17, 15) is 9.59 Å². The first-order valence-corrected chi connectivity index (χ1v) is 8.12. The molecule has 0 aliphatic heterocycles. The van der Waals surface area contributed by atoms with Gasteiger partial charge in [-0.25, -0.2) is 5.43 Å². The van der Waals surface area contributed by atoms with Crippen LogP contribution < -0.4 is 11.0 Å². The Balaban J connectivity index is 2.07. The number of hydrazone groups is 1. The summed E-state index contributed by atoms with van der Waals surface area (Å²) in [7, 11) is 0. The molecule has 0 atom stereocenters. The van der Waals surface area contributed by atoms with Crippen molar-refractivity contribution in [2.45, 2.75) is 19.8 Å². The molecule has 120 valence electrons. The van der Waals surface area contributed by atoms with Crippen LogP contribution in [-0.4, -0.2) is 21.6 Å². The van der Waals surface area contributed by atoms with Crippen LogP contribution in [0.5, 0.6) is 0 Å². The number of nitrogens with one attached hydrogen (secondary N) is 3. The van der Waals surface area contributed by atoms with Crippen LogP contribution in [0.15, 0.2) is 44.7 Å². The molecule has 0 radical (unpaired) electrons. The van der Waals surface area contributed by atoms with Crippen molar-refractivity contribution in [3.63, 3.8) is 0 Å². The zero-order valence-electron chi connectivity index (χ0n) is 12.4.